The highest BCUT2D eigenvalue weighted by molar-refractivity contribution is 7.29. The SMILES string of the molecule is CCN(CC)c1nc2sc(C(=O)Oc3ccc(OC)cc3[N+](=O)[O-])cc2s1. The molecule has 0 amide bonds. The first-order valence-corrected chi connectivity index (χ1v) is 9.80. The summed E-state index contributed by atoms with van der Waals surface area (Å²) in [6, 6.07) is 5.78. The summed E-state index contributed by atoms with van der Waals surface area (Å²) in [4.78, 5) is 30.8. The molecule has 0 bridgehead atoms. The number of esters is 1. The molecule has 27 heavy (non-hydrogen) atoms. The van der Waals surface area contributed by atoms with Crippen LogP contribution in [-0.4, -0.2) is 36.1 Å². The number of carbonyl (C=O) groups is 1. The molecule has 3 rings (SSSR count). The Morgan fingerprint density at radius 2 is 2.00 bits per heavy atom. The van der Waals surface area contributed by atoms with Crippen LogP contribution in [0.2, 0.25) is 0 Å². The van der Waals surface area contributed by atoms with Gasteiger partial charge in [0, 0.05) is 13.1 Å². The molecular formula is C17H17N3O5S2. The molecule has 0 fully saturated rings. The molecule has 8 nitrogen and oxygen atoms in total. The number of hydrogen-bond acceptors (Lipinski definition) is 9. The third kappa shape index (κ3) is 3.86. The molecule has 0 radical (unpaired) electrons. The van der Waals surface area contributed by atoms with Crippen molar-refractivity contribution in [3.05, 3.63) is 39.3 Å². The Kier molecular flexibility index (Phi) is 5.57. The predicted molar refractivity (Wildman–Crippen MR) is 106 cm³/mol. The van der Waals surface area contributed by atoms with Crippen LogP contribution in [0.5, 0.6) is 11.5 Å². The number of thiophene rings is 1. The Morgan fingerprint density at radius 1 is 1.26 bits per heavy atom. The fourth-order valence-corrected chi connectivity index (χ4v) is 4.67. The number of nitro benzene ring substituents is 1. The van der Waals surface area contributed by atoms with Crippen molar-refractivity contribution in [2.75, 3.05) is 25.1 Å². The highest BCUT2D eigenvalue weighted by Gasteiger charge is 2.22. The summed E-state index contributed by atoms with van der Waals surface area (Å²) < 4.78 is 11.1. The Labute approximate surface area is 163 Å². The second kappa shape index (κ2) is 7.89. The Bertz CT molecular complexity index is 962. The normalized spacial score (nSPS) is 10.8. The molecule has 2 aromatic heterocycles. The smallest absolute Gasteiger partial charge is 0.354 e. The number of benzene rings is 1. The maximum Gasteiger partial charge on any atom is 0.354 e. The Hall–Kier alpha value is -2.72. The molecule has 0 aliphatic heterocycles. The van der Waals surface area contributed by atoms with Crippen molar-refractivity contribution in [1.82, 2.24) is 4.98 Å². The van der Waals surface area contributed by atoms with Crippen molar-refractivity contribution in [2.45, 2.75) is 13.8 Å². The number of nitro groups is 1. The maximum absolute atomic E-state index is 12.4. The number of rotatable bonds is 7. The molecule has 0 atom stereocenters. The van der Waals surface area contributed by atoms with Crippen LogP contribution < -0.4 is 14.4 Å². The zero-order valence-corrected chi connectivity index (χ0v) is 16.6. The van der Waals surface area contributed by atoms with E-state index in [0.29, 0.717) is 10.6 Å². The van der Waals surface area contributed by atoms with Crippen LogP contribution in [0.4, 0.5) is 10.8 Å². The minimum atomic E-state index is -0.650. The quantitative estimate of drug-likeness (QED) is 0.249. The molecule has 0 aliphatic carbocycles. The van der Waals surface area contributed by atoms with Gasteiger partial charge in [0.05, 0.1) is 22.8 Å². The van der Waals surface area contributed by atoms with Gasteiger partial charge in [-0.3, -0.25) is 10.1 Å². The van der Waals surface area contributed by atoms with Crippen molar-refractivity contribution in [3.63, 3.8) is 0 Å². The van der Waals surface area contributed by atoms with E-state index in [2.05, 4.69) is 23.7 Å². The first-order valence-electron chi connectivity index (χ1n) is 8.16. The lowest BCUT2D eigenvalue weighted by atomic mass is 10.3. The molecule has 0 saturated heterocycles. The van der Waals surface area contributed by atoms with Gasteiger partial charge in [0.1, 0.15) is 15.5 Å². The number of ether oxygens (including phenoxy) is 2. The number of methoxy groups -OCH3 is 1. The third-order valence-corrected chi connectivity index (χ3v) is 6.08. The van der Waals surface area contributed by atoms with E-state index >= 15 is 0 Å². The lowest BCUT2D eigenvalue weighted by molar-refractivity contribution is -0.385. The molecular weight excluding hydrogens is 390 g/mol. The molecule has 0 saturated carbocycles. The van der Waals surface area contributed by atoms with Crippen molar-refractivity contribution >= 4 is 49.0 Å². The van der Waals surface area contributed by atoms with E-state index in [1.807, 2.05) is 0 Å². The summed E-state index contributed by atoms with van der Waals surface area (Å²) in [6.45, 7) is 5.83. The van der Waals surface area contributed by atoms with Crippen LogP contribution in [0.15, 0.2) is 24.3 Å². The maximum atomic E-state index is 12.4. The van der Waals surface area contributed by atoms with E-state index < -0.39 is 10.9 Å². The van der Waals surface area contributed by atoms with E-state index in [4.69, 9.17) is 9.47 Å². The molecule has 0 unspecified atom stereocenters. The molecule has 2 heterocycles. The number of fused-ring (bicyclic) bond motifs is 1. The molecule has 1 aromatic carbocycles. The van der Waals surface area contributed by atoms with Gasteiger partial charge in [0.2, 0.25) is 5.75 Å². The largest absolute Gasteiger partial charge is 0.496 e. The van der Waals surface area contributed by atoms with Crippen LogP contribution in [-0.2, 0) is 0 Å². The van der Waals surface area contributed by atoms with Gasteiger partial charge >= 0.3 is 11.7 Å². The fraction of sp³-hybridized carbons (Fsp3) is 0.294. The summed E-state index contributed by atoms with van der Waals surface area (Å²) in [7, 11) is 1.41. The van der Waals surface area contributed by atoms with Crippen molar-refractivity contribution < 1.29 is 19.2 Å². The molecule has 10 heteroatoms. The van der Waals surface area contributed by atoms with Crippen molar-refractivity contribution in [2.24, 2.45) is 0 Å². The highest BCUT2D eigenvalue weighted by Crippen LogP contribution is 2.36. The summed E-state index contributed by atoms with van der Waals surface area (Å²) >= 11 is 2.71. The average Bonchev–Trinajstić information content (AvgIpc) is 3.22. The van der Waals surface area contributed by atoms with Crippen LogP contribution in [0.25, 0.3) is 9.53 Å². The third-order valence-electron chi connectivity index (χ3n) is 3.88. The second-order valence-electron chi connectivity index (χ2n) is 5.43. The van der Waals surface area contributed by atoms with E-state index in [-0.39, 0.29) is 11.4 Å². The summed E-state index contributed by atoms with van der Waals surface area (Å²) in [5.74, 6) is -0.464. The number of hydrogen-bond donors (Lipinski definition) is 0. The van der Waals surface area contributed by atoms with E-state index in [1.54, 1.807) is 6.07 Å². The zero-order valence-electron chi connectivity index (χ0n) is 14.9. The molecule has 0 spiro atoms. The Morgan fingerprint density at radius 3 is 2.59 bits per heavy atom. The fourth-order valence-electron chi connectivity index (χ4n) is 2.46. The number of nitrogens with zero attached hydrogens (tertiary/aromatic N) is 3. The van der Waals surface area contributed by atoms with Crippen molar-refractivity contribution in [3.8, 4) is 11.5 Å². The lowest BCUT2D eigenvalue weighted by Crippen LogP contribution is -2.21. The standard InChI is InChI=1S/C17H17N3O5S2/c1-4-19(5-2)17-18-15-13(27-17)9-14(26-15)16(21)25-12-7-6-10(24-3)8-11(12)20(22)23/h6-9H,4-5H2,1-3H3. The lowest BCUT2D eigenvalue weighted by Gasteiger charge is -2.16. The van der Waals surface area contributed by atoms with Crippen molar-refractivity contribution in [1.29, 1.82) is 0 Å². The van der Waals surface area contributed by atoms with Gasteiger partial charge in [0.25, 0.3) is 0 Å². The molecule has 0 aliphatic rings. The number of thiazole rings is 1. The number of carbonyl (C=O) groups excluding carboxylic acids is 1. The first-order chi connectivity index (χ1) is 13.0. The van der Waals surface area contributed by atoms with Gasteiger partial charge in [-0.1, -0.05) is 11.3 Å². The van der Waals surface area contributed by atoms with Gasteiger partial charge in [0.15, 0.2) is 5.13 Å². The van der Waals surface area contributed by atoms with Gasteiger partial charge in [-0.25, -0.2) is 9.78 Å². The molecule has 3 aromatic rings. The highest BCUT2D eigenvalue weighted by atomic mass is 32.1. The second-order valence-corrected chi connectivity index (χ2v) is 7.47. The van der Waals surface area contributed by atoms with Gasteiger partial charge < -0.3 is 14.4 Å². The molecule has 0 N–H and O–H groups in total. The van der Waals surface area contributed by atoms with Gasteiger partial charge in [-0.05, 0) is 32.0 Å². The molecule has 142 valence electrons. The average molecular weight is 407 g/mol. The van der Waals surface area contributed by atoms with Crippen LogP contribution in [0.1, 0.15) is 23.5 Å². The van der Waals surface area contributed by atoms with E-state index in [9.17, 15) is 14.9 Å². The van der Waals surface area contributed by atoms with Crippen LogP contribution in [0.3, 0.4) is 0 Å². The number of anilines is 1. The first kappa shape index (κ1) is 19.1. The summed E-state index contributed by atoms with van der Waals surface area (Å²) in [5, 5.41) is 12.1. The van der Waals surface area contributed by atoms with Crippen LogP contribution in [0, 0.1) is 10.1 Å². The predicted octanol–water partition coefficient (Wildman–Crippen LogP) is 4.34. The summed E-state index contributed by atoms with van der Waals surface area (Å²) in [5.41, 5.74) is -0.331. The topological polar surface area (TPSA) is 94.8 Å². The van der Waals surface area contributed by atoms with E-state index in [1.165, 1.54) is 48.0 Å². The van der Waals surface area contributed by atoms with E-state index in [0.717, 1.165) is 27.8 Å². The monoisotopic (exact) mass is 407 g/mol. The van der Waals surface area contributed by atoms with Crippen LogP contribution >= 0.6 is 22.7 Å². The minimum absolute atomic E-state index is 0.126. The zero-order chi connectivity index (χ0) is 19.6. The summed E-state index contributed by atoms with van der Waals surface area (Å²) in [6.07, 6.45) is 0. The van der Waals surface area contributed by atoms with Gasteiger partial charge in [-0.2, -0.15) is 0 Å². The number of aromatic nitrogens is 1. The minimum Gasteiger partial charge on any atom is -0.496 e. The van der Waals surface area contributed by atoms with Gasteiger partial charge in [-0.15, -0.1) is 11.3 Å². The Balaban J connectivity index is 1.84.